The average molecular weight is 413 g/mol. The summed E-state index contributed by atoms with van der Waals surface area (Å²) < 4.78 is 5.77. The van der Waals surface area contributed by atoms with Crippen LogP contribution in [-0.4, -0.2) is 23.1 Å². The summed E-state index contributed by atoms with van der Waals surface area (Å²) >= 11 is 3.15. The van der Waals surface area contributed by atoms with E-state index in [0.29, 0.717) is 17.8 Å². The van der Waals surface area contributed by atoms with Crippen LogP contribution in [0.3, 0.4) is 0 Å². The van der Waals surface area contributed by atoms with Crippen molar-refractivity contribution in [1.82, 2.24) is 9.97 Å². The average Bonchev–Trinajstić information content (AvgIpc) is 3.36. The van der Waals surface area contributed by atoms with Gasteiger partial charge >= 0.3 is 0 Å². The first kappa shape index (κ1) is 18.9. The Morgan fingerprint density at radius 1 is 1.21 bits per heavy atom. The Hall–Kier alpha value is -2.48. The monoisotopic (exact) mass is 412 g/mol. The minimum Gasteiger partial charge on any atom is -0.488 e. The fourth-order valence-electron chi connectivity index (χ4n) is 3.04. The van der Waals surface area contributed by atoms with Gasteiger partial charge in [-0.05, 0) is 37.4 Å². The normalized spacial score (nSPS) is 12.4. The highest BCUT2D eigenvalue weighted by Crippen LogP contribution is 2.33. The maximum atomic E-state index is 12.7. The second kappa shape index (κ2) is 8.26. The lowest BCUT2D eigenvalue weighted by atomic mass is 10.2. The van der Waals surface area contributed by atoms with Gasteiger partial charge in [-0.2, -0.15) is 0 Å². The molecule has 3 aromatic heterocycles. The molecule has 4 aromatic rings. The van der Waals surface area contributed by atoms with Crippen molar-refractivity contribution in [1.29, 1.82) is 0 Å². The lowest BCUT2D eigenvalue weighted by Gasteiger charge is -2.11. The zero-order chi connectivity index (χ0) is 19.5. The van der Waals surface area contributed by atoms with Crippen LogP contribution in [0.5, 0.6) is 5.75 Å². The molecular formula is C21H22N3O2S2+. The number of ether oxygens (including phenoxy) is 1. The third-order valence-corrected chi connectivity index (χ3v) is 6.38. The van der Waals surface area contributed by atoms with E-state index in [0.717, 1.165) is 27.6 Å². The van der Waals surface area contributed by atoms with E-state index in [2.05, 4.69) is 17.2 Å². The van der Waals surface area contributed by atoms with E-state index < -0.39 is 0 Å². The SMILES string of the molecule is Cc1ccc(OCC[NH2+][C@@H](C)c2nc3scc(-c4cccs4)c3c(=O)[nH]2)cc1. The quantitative estimate of drug-likeness (QED) is 0.455. The number of hydrogen-bond acceptors (Lipinski definition) is 5. The molecule has 0 bridgehead atoms. The van der Waals surface area contributed by atoms with Crippen molar-refractivity contribution in [3.8, 4) is 16.2 Å². The molecule has 0 fully saturated rings. The van der Waals surface area contributed by atoms with E-state index in [-0.39, 0.29) is 11.6 Å². The van der Waals surface area contributed by atoms with E-state index in [4.69, 9.17) is 9.72 Å². The molecule has 0 saturated carbocycles. The lowest BCUT2D eigenvalue weighted by molar-refractivity contribution is -0.694. The van der Waals surface area contributed by atoms with Crippen LogP contribution in [-0.2, 0) is 0 Å². The number of benzene rings is 1. The third kappa shape index (κ3) is 4.01. The zero-order valence-corrected chi connectivity index (χ0v) is 17.4. The highest BCUT2D eigenvalue weighted by atomic mass is 32.1. The number of nitrogens with one attached hydrogen (secondary N) is 1. The van der Waals surface area contributed by atoms with Crippen LogP contribution in [0.1, 0.15) is 24.4 Å². The van der Waals surface area contributed by atoms with Crippen LogP contribution in [0.4, 0.5) is 0 Å². The first-order chi connectivity index (χ1) is 13.6. The van der Waals surface area contributed by atoms with Gasteiger partial charge in [-0.1, -0.05) is 23.8 Å². The van der Waals surface area contributed by atoms with Gasteiger partial charge in [-0.3, -0.25) is 4.79 Å². The Bertz CT molecular complexity index is 1110. The van der Waals surface area contributed by atoms with Crippen molar-refractivity contribution in [2.75, 3.05) is 13.2 Å². The summed E-state index contributed by atoms with van der Waals surface area (Å²) in [6, 6.07) is 12.1. The van der Waals surface area contributed by atoms with E-state index in [1.807, 2.05) is 54.1 Å². The summed E-state index contributed by atoms with van der Waals surface area (Å²) in [5, 5.41) is 6.86. The standard InChI is InChI=1S/C21H21N3O2S2/c1-13-5-7-15(8-6-13)26-10-9-22-14(2)19-23-20(25)18-16(12-28-21(18)24-19)17-4-3-11-27-17/h3-8,11-12,14,22H,9-10H2,1-2H3,(H,23,24,25)/p+1/t14-/m0/s1. The Balaban J connectivity index is 1.42. The predicted octanol–water partition coefficient (Wildman–Crippen LogP) is 3.72. The number of rotatable bonds is 7. The lowest BCUT2D eigenvalue weighted by Crippen LogP contribution is -2.86. The summed E-state index contributed by atoms with van der Waals surface area (Å²) in [7, 11) is 0. The Morgan fingerprint density at radius 2 is 2.04 bits per heavy atom. The molecule has 5 nitrogen and oxygen atoms in total. The van der Waals surface area contributed by atoms with Crippen molar-refractivity contribution < 1.29 is 10.1 Å². The molecule has 0 saturated heterocycles. The van der Waals surface area contributed by atoms with Crippen LogP contribution in [0.25, 0.3) is 20.7 Å². The molecule has 3 heterocycles. The van der Waals surface area contributed by atoms with Crippen molar-refractivity contribution in [2.24, 2.45) is 0 Å². The predicted molar refractivity (Wildman–Crippen MR) is 115 cm³/mol. The first-order valence-corrected chi connectivity index (χ1v) is 11.0. The van der Waals surface area contributed by atoms with E-state index in [1.165, 1.54) is 16.9 Å². The molecule has 0 aliphatic rings. The largest absolute Gasteiger partial charge is 0.488 e. The second-order valence-electron chi connectivity index (χ2n) is 6.73. The van der Waals surface area contributed by atoms with Crippen molar-refractivity contribution in [3.63, 3.8) is 0 Å². The Morgan fingerprint density at radius 3 is 2.79 bits per heavy atom. The molecule has 1 aromatic carbocycles. The molecule has 0 aliphatic heterocycles. The summed E-state index contributed by atoms with van der Waals surface area (Å²) in [6.45, 7) is 5.48. The van der Waals surface area contributed by atoms with Crippen molar-refractivity contribution >= 4 is 32.9 Å². The van der Waals surface area contributed by atoms with Gasteiger partial charge in [0.2, 0.25) is 0 Å². The molecular weight excluding hydrogens is 390 g/mol. The molecule has 7 heteroatoms. The van der Waals surface area contributed by atoms with Crippen LogP contribution in [0.15, 0.2) is 52.0 Å². The number of aromatic amines is 1. The summed E-state index contributed by atoms with van der Waals surface area (Å²) in [6.07, 6.45) is 0. The summed E-state index contributed by atoms with van der Waals surface area (Å²) in [5.74, 6) is 1.58. The number of aromatic nitrogens is 2. The molecule has 0 unspecified atom stereocenters. The molecule has 4 rings (SSSR count). The molecule has 28 heavy (non-hydrogen) atoms. The van der Waals surface area contributed by atoms with Gasteiger partial charge in [0.25, 0.3) is 5.56 Å². The smallest absolute Gasteiger partial charge is 0.260 e. The number of H-pyrrole nitrogens is 1. The first-order valence-electron chi connectivity index (χ1n) is 9.20. The number of nitrogens with zero attached hydrogens (tertiary/aromatic N) is 1. The summed E-state index contributed by atoms with van der Waals surface area (Å²) in [5.41, 5.74) is 2.12. The van der Waals surface area contributed by atoms with Crippen LogP contribution in [0.2, 0.25) is 0 Å². The van der Waals surface area contributed by atoms with Gasteiger partial charge in [-0.15, -0.1) is 22.7 Å². The molecule has 0 amide bonds. The molecule has 144 valence electrons. The fourth-order valence-corrected chi connectivity index (χ4v) is 4.80. The number of hydrogen-bond donors (Lipinski definition) is 2. The minimum absolute atomic E-state index is 0.0472. The van der Waals surface area contributed by atoms with Gasteiger partial charge in [0, 0.05) is 15.8 Å². The molecule has 3 N–H and O–H groups in total. The molecule has 1 atom stereocenters. The van der Waals surface area contributed by atoms with Gasteiger partial charge < -0.3 is 15.0 Å². The Labute approximate surface area is 171 Å². The summed E-state index contributed by atoms with van der Waals surface area (Å²) in [4.78, 5) is 22.3. The zero-order valence-electron chi connectivity index (χ0n) is 15.8. The number of quaternary nitrogens is 1. The van der Waals surface area contributed by atoms with E-state index in [1.54, 1.807) is 11.3 Å². The van der Waals surface area contributed by atoms with Crippen LogP contribution in [0, 0.1) is 6.92 Å². The minimum atomic E-state index is -0.0687. The third-order valence-electron chi connectivity index (χ3n) is 4.61. The number of fused-ring (bicyclic) bond motifs is 1. The van der Waals surface area contributed by atoms with Crippen molar-refractivity contribution in [3.05, 3.63) is 68.9 Å². The van der Waals surface area contributed by atoms with Crippen molar-refractivity contribution in [2.45, 2.75) is 19.9 Å². The van der Waals surface area contributed by atoms with E-state index >= 15 is 0 Å². The maximum Gasteiger partial charge on any atom is 0.260 e. The highest BCUT2D eigenvalue weighted by molar-refractivity contribution is 7.18. The molecule has 0 aliphatic carbocycles. The van der Waals surface area contributed by atoms with Gasteiger partial charge in [-0.25, -0.2) is 4.98 Å². The fraction of sp³-hybridized carbons (Fsp3) is 0.238. The highest BCUT2D eigenvalue weighted by Gasteiger charge is 2.17. The second-order valence-corrected chi connectivity index (χ2v) is 8.54. The number of nitrogens with two attached hydrogens (primary N) is 1. The van der Waals surface area contributed by atoms with E-state index in [9.17, 15) is 4.79 Å². The number of aryl methyl sites for hydroxylation is 1. The van der Waals surface area contributed by atoms with Crippen LogP contribution >= 0.6 is 22.7 Å². The number of thiophene rings is 2. The van der Waals surface area contributed by atoms with Crippen LogP contribution < -0.4 is 15.6 Å². The maximum absolute atomic E-state index is 12.7. The van der Waals surface area contributed by atoms with Gasteiger partial charge in [0.05, 0.1) is 5.39 Å². The van der Waals surface area contributed by atoms with Gasteiger partial charge in [0.1, 0.15) is 29.8 Å². The van der Waals surface area contributed by atoms with Gasteiger partial charge in [0.15, 0.2) is 5.82 Å². The molecule has 0 radical (unpaired) electrons. The molecule has 0 spiro atoms. The topological polar surface area (TPSA) is 71.6 Å². The Kier molecular flexibility index (Phi) is 5.57.